The van der Waals surface area contributed by atoms with Crippen LogP contribution in [0.15, 0.2) is 36.0 Å². The molecule has 3 rings (SSSR count). The molecule has 5 nitrogen and oxygen atoms in total. The van der Waals surface area contributed by atoms with Crippen LogP contribution in [-0.2, 0) is 11.3 Å². The standard InChI is InChI=1S/C23H36N4O/c1-19(2)7-5-13-26-15-10-22(11-16-26)27-14-6-8-20(18-27)23(28)25-17-21-9-3-4-12-24-21/h3-4,7,9,12,20,22H,5-6,8,10-11,13-18H2,1-2H3,(H,25,28). The Morgan fingerprint density at radius 3 is 2.75 bits per heavy atom. The smallest absolute Gasteiger partial charge is 0.224 e. The lowest BCUT2D eigenvalue weighted by atomic mass is 9.93. The fraction of sp³-hybridized carbons (Fsp3) is 0.652. The predicted molar refractivity (Wildman–Crippen MR) is 114 cm³/mol. The quantitative estimate of drug-likeness (QED) is 0.733. The molecule has 3 heterocycles. The van der Waals surface area contributed by atoms with Crippen LogP contribution in [0.3, 0.4) is 0 Å². The fourth-order valence-corrected chi connectivity index (χ4v) is 4.42. The minimum Gasteiger partial charge on any atom is -0.350 e. The predicted octanol–water partition coefficient (Wildman–Crippen LogP) is 3.23. The molecule has 1 atom stereocenters. The Morgan fingerprint density at radius 1 is 1.21 bits per heavy atom. The molecule has 1 amide bonds. The van der Waals surface area contributed by atoms with E-state index in [0.717, 1.165) is 38.0 Å². The Morgan fingerprint density at radius 2 is 2.04 bits per heavy atom. The minimum absolute atomic E-state index is 0.119. The lowest BCUT2D eigenvalue weighted by molar-refractivity contribution is -0.127. The van der Waals surface area contributed by atoms with Gasteiger partial charge < -0.3 is 10.2 Å². The summed E-state index contributed by atoms with van der Waals surface area (Å²) in [5, 5.41) is 3.09. The van der Waals surface area contributed by atoms with Crippen LogP contribution < -0.4 is 5.32 Å². The van der Waals surface area contributed by atoms with E-state index >= 15 is 0 Å². The van der Waals surface area contributed by atoms with Crippen molar-refractivity contribution in [1.82, 2.24) is 20.1 Å². The molecule has 0 spiro atoms. The van der Waals surface area contributed by atoms with Crippen molar-refractivity contribution in [1.29, 1.82) is 0 Å². The van der Waals surface area contributed by atoms with Crippen LogP contribution in [0, 0.1) is 5.92 Å². The highest BCUT2D eigenvalue weighted by molar-refractivity contribution is 5.78. The van der Waals surface area contributed by atoms with E-state index in [-0.39, 0.29) is 11.8 Å². The lowest BCUT2D eigenvalue weighted by Crippen LogP contribution is -2.50. The van der Waals surface area contributed by atoms with Crippen molar-refractivity contribution in [3.05, 3.63) is 41.7 Å². The largest absolute Gasteiger partial charge is 0.350 e. The highest BCUT2D eigenvalue weighted by atomic mass is 16.1. The first kappa shape index (κ1) is 21.0. The van der Waals surface area contributed by atoms with Gasteiger partial charge in [0.2, 0.25) is 5.91 Å². The Kier molecular flexibility index (Phi) is 8.04. The number of carbonyl (C=O) groups excluding carboxylic acids is 1. The third kappa shape index (κ3) is 6.42. The maximum atomic E-state index is 12.6. The zero-order chi connectivity index (χ0) is 19.8. The molecule has 0 aromatic carbocycles. The van der Waals surface area contributed by atoms with Crippen LogP contribution in [0.25, 0.3) is 0 Å². The maximum Gasteiger partial charge on any atom is 0.224 e. The summed E-state index contributed by atoms with van der Waals surface area (Å²) < 4.78 is 0. The molecular weight excluding hydrogens is 348 g/mol. The second-order valence-electron chi connectivity index (χ2n) is 8.52. The number of likely N-dealkylation sites (tertiary alicyclic amines) is 2. The van der Waals surface area contributed by atoms with Crippen LogP contribution >= 0.6 is 0 Å². The number of amides is 1. The van der Waals surface area contributed by atoms with E-state index in [9.17, 15) is 4.79 Å². The van der Waals surface area contributed by atoms with Gasteiger partial charge in [-0.1, -0.05) is 17.7 Å². The molecule has 0 saturated carbocycles. The van der Waals surface area contributed by atoms with E-state index in [1.807, 2.05) is 18.2 Å². The van der Waals surface area contributed by atoms with Gasteiger partial charge in [0.25, 0.3) is 0 Å². The Labute approximate surface area is 170 Å². The van der Waals surface area contributed by atoms with Crippen molar-refractivity contribution in [2.45, 2.75) is 58.5 Å². The second kappa shape index (κ2) is 10.7. The van der Waals surface area contributed by atoms with Gasteiger partial charge in [-0.3, -0.25) is 14.7 Å². The van der Waals surface area contributed by atoms with Crippen LogP contribution in [0.1, 0.15) is 51.6 Å². The van der Waals surface area contributed by atoms with Gasteiger partial charge >= 0.3 is 0 Å². The number of hydrogen-bond donors (Lipinski definition) is 1. The minimum atomic E-state index is 0.119. The van der Waals surface area contributed by atoms with Crippen molar-refractivity contribution in [3.63, 3.8) is 0 Å². The summed E-state index contributed by atoms with van der Waals surface area (Å²) in [6.45, 7) is 10.5. The number of pyridine rings is 1. The topological polar surface area (TPSA) is 48.5 Å². The zero-order valence-electron chi connectivity index (χ0n) is 17.6. The molecule has 0 bridgehead atoms. The van der Waals surface area contributed by atoms with E-state index in [1.165, 1.54) is 38.0 Å². The average molecular weight is 385 g/mol. The molecule has 5 heteroatoms. The molecule has 1 aromatic heterocycles. The molecule has 2 fully saturated rings. The van der Waals surface area contributed by atoms with Crippen molar-refractivity contribution >= 4 is 5.91 Å². The molecule has 28 heavy (non-hydrogen) atoms. The first-order valence-electron chi connectivity index (χ1n) is 10.9. The zero-order valence-corrected chi connectivity index (χ0v) is 17.6. The van der Waals surface area contributed by atoms with E-state index in [0.29, 0.717) is 12.6 Å². The van der Waals surface area contributed by atoms with Crippen LogP contribution in [-0.4, -0.2) is 59.5 Å². The maximum absolute atomic E-state index is 12.6. The van der Waals surface area contributed by atoms with E-state index in [4.69, 9.17) is 0 Å². The van der Waals surface area contributed by atoms with Gasteiger partial charge in [0.1, 0.15) is 0 Å². The Balaban J connectivity index is 1.41. The summed E-state index contributed by atoms with van der Waals surface area (Å²) in [4.78, 5) is 22.1. The van der Waals surface area contributed by atoms with Crippen molar-refractivity contribution < 1.29 is 4.79 Å². The van der Waals surface area contributed by atoms with Gasteiger partial charge in [-0.2, -0.15) is 0 Å². The van der Waals surface area contributed by atoms with E-state index < -0.39 is 0 Å². The number of nitrogens with one attached hydrogen (secondary N) is 1. The molecule has 2 aliphatic rings. The Bertz CT molecular complexity index is 633. The van der Waals surface area contributed by atoms with Crippen LogP contribution in [0.4, 0.5) is 0 Å². The van der Waals surface area contributed by atoms with E-state index in [1.54, 1.807) is 6.20 Å². The lowest BCUT2D eigenvalue weighted by Gasteiger charge is -2.42. The van der Waals surface area contributed by atoms with Gasteiger partial charge in [-0.05, 0) is 77.7 Å². The molecule has 2 saturated heterocycles. The molecule has 1 N–H and O–H groups in total. The number of hydrogen-bond acceptors (Lipinski definition) is 4. The second-order valence-corrected chi connectivity index (χ2v) is 8.52. The van der Waals surface area contributed by atoms with Gasteiger partial charge in [0, 0.05) is 25.3 Å². The summed E-state index contributed by atoms with van der Waals surface area (Å²) in [7, 11) is 0. The van der Waals surface area contributed by atoms with Crippen LogP contribution in [0.2, 0.25) is 0 Å². The monoisotopic (exact) mass is 384 g/mol. The number of aromatic nitrogens is 1. The number of rotatable bonds is 7. The van der Waals surface area contributed by atoms with Crippen LogP contribution in [0.5, 0.6) is 0 Å². The summed E-state index contributed by atoms with van der Waals surface area (Å²) >= 11 is 0. The third-order valence-corrected chi connectivity index (χ3v) is 6.06. The molecule has 2 aliphatic heterocycles. The fourth-order valence-electron chi connectivity index (χ4n) is 4.42. The highest BCUT2D eigenvalue weighted by Crippen LogP contribution is 2.24. The summed E-state index contributed by atoms with van der Waals surface area (Å²) in [6, 6.07) is 6.46. The molecular formula is C23H36N4O. The molecule has 1 unspecified atom stereocenters. The molecule has 1 aromatic rings. The average Bonchev–Trinajstić information content (AvgIpc) is 2.73. The normalized spacial score (nSPS) is 22.0. The molecule has 0 radical (unpaired) electrons. The number of nitrogens with zero attached hydrogens (tertiary/aromatic N) is 3. The van der Waals surface area contributed by atoms with Crippen molar-refractivity contribution in [2.24, 2.45) is 5.92 Å². The summed E-state index contributed by atoms with van der Waals surface area (Å²) in [5.41, 5.74) is 2.33. The molecule has 0 aliphatic carbocycles. The van der Waals surface area contributed by atoms with Crippen molar-refractivity contribution in [2.75, 3.05) is 32.7 Å². The van der Waals surface area contributed by atoms with Gasteiger partial charge in [-0.25, -0.2) is 0 Å². The summed E-state index contributed by atoms with van der Waals surface area (Å²) in [5.74, 6) is 0.308. The first-order chi connectivity index (χ1) is 13.6. The molecule has 154 valence electrons. The highest BCUT2D eigenvalue weighted by Gasteiger charge is 2.31. The van der Waals surface area contributed by atoms with Gasteiger partial charge in [-0.15, -0.1) is 0 Å². The number of piperidine rings is 2. The first-order valence-corrected chi connectivity index (χ1v) is 10.9. The Hall–Kier alpha value is -1.72. The number of allylic oxidation sites excluding steroid dienone is 1. The summed E-state index contributed by atoms with van der Waals surface area (Å²) in [6.07, 6.45) is 9.87. The SMILES string of the molecule is CC(C)=CCCN1CCC(N2CCCC(C(=O)NCc3ccccn3)C2)CC1. The third-order valence-electron chi connectivity index (χ3n) is 6.06. The van der Waals surface area contributed by atoms with E-state index in [2.05, 4.69) is 40.0 Å². The van der Waals surface area contributed by atoms with Crippen molar-refractivity contribution in [3.8, 4) is 0 Å². The van der Waals surface area contributed by atoms with Gasteiger partial charge in [0.15, 0.2) is 0 Å². The van der Waals surface area contributed by atoms with Gasteiger partial charge in [0.05, 0.1) is 18.2 Å². The number of carbonyl (C=O) groups is 1.